The molecule has 0 saturated heterocycles. The molecule has 1 unspecified atom stereocenters. The van der Waals surface area contributed by atoms with Gasteiger partial charge in [0.1, 0.15) is 10.6 Å². The van der Waals surface area contributed by atoms with Crippen LogP contribution in [0.1, 0.15) is 11.6 Å². The summed E-state index contributed by atoms with van der Waals surface area (Å²) < 4.78 is 30.0. The molecule has 106 valence electrons. The predicted octanol–water partition coefficient (Wildman–Crippen LogP) is 2.17. The number of para-hydroxylation sites is 1. The van der Waals surface area contributed by atoms with Gasteiger partial charge in [0.05, 0.1) is 12.9 Å². The summed E-state index contributed by atoms with van der Waals surface area (Å²) in [6.45, 7) is 0. The van der Waals surface area contributed by atoms with Gasteiger partial charge in [0.15, 0.2) is 9.84 Å². The van der Waals surface area contributed by atoms with Gasteiger partial charge in [-0.05, 0) is 17.7 Å². The lowest BCUT2D eigenvalue weighted by atomic mass is 10.1. The van der Waals surface area contributed by atoms with Crippen LogP contribution in [0.3, 0.4) is 0 Å². The average molecular weight is 291 g/mol. The first-order valence-corrected chi connectivity index (χ1v) is 7.86. The van der Waals surface area contributed by atoms with Crippen LogP contribution in [-0.2, 0) is 9.84 Å². The van der Waals surface area contributed by atoms with E-state index < -0.39 is 15.9 Å². The summed E-state index contributed by atoms with van der Waals surface area (Å²) in [6.07, 6.45) is 0. The van der Waals surface area contributed by atoms with E-state index in [-0.39, 0.29) is 10.6 Å². The van der Waals surface area contributed by atoms with Gasteiger partial charge < -0.3 is 10.5 Å². The Balaban J connectivity index is 2.28. The fourth-order valence-electron chi connectivity index (χ4n) is 2.00. The second-order valence-electron chi connectivity index (χ2n) is 4.45. The van der Waals surface area contributed by atoms with E-state index in [1.807, 2.05) is 30.3 Å². The number of benzene rings is 2. The van der Waals surface area contributed by atoms with Gasteiger partial charge in [-0.25, -0.2) is 8.42 Å². The molecule has 1 atom stereocenters. The number of sulfone groups is 1. The fourth-order valence-corrected chi connectivity index (χ4v) is 3.59. The first-order valence-electron chi connectivity index (χ1n) is 6.21. The van der Waals surface area contributed by atoms with Crippen LogP contribution < -0.4 is 10.5 Å². The van der Waals surface area contributed by atoms with Crippen molar-refractivity contribution in [3.63, 3.8) is 0 Å². The molecule has 0 aliphatic heterocycles. The van der Waals surface area contributed by atoms with E-state index in [0.29, 0.717) is 5.75 Å². The van der Waals surface area contributed by atoms with Crippen molar-refractivity contribution in [2.45, 2.75) is 10.9 Å². The molecule has 0 aliphatic rings. The lowest BCUT2D eigenvalue weighted by molar-refractivity contribution is 0.402. The smallest absolute Gasteiger partial charge is 0.183 e. The Morgan fingerprint density at radius 2 is 1.65 bits per heavy atom. The van der Waals surface area contributed by atoms with E-state index in [9.17, 15) is 8.42 Å². The van der Waals surface area contributed by atoms with Gasteiger partial charge in [-0.15, -0.1) is 0 Å². The summed E-state index contributed by atoms with van der Waals surface area (Å²) >= 11 is 0. The quantitative estimate of drug-likeness (QED) is 0.916. The maximum Gasteiger partial charge on any atom is 0.183 e. The molecule has 0 spiro atoms. The zero-order valence-electron chi connectivity index (χ0n) is 11.2. The van der Waals surface area contributed by atoms with Crippen molar-refractivity contribution in [2.24, 2.45) is 5.73 Å². The Bertz CT molecular complexity index is 669. The van der Waals surface area contributed by atoms with Crippen LogP contribution in [0.15, 0.2) is 59.5 Å². The molecule has 0 amide bonds. The minimum atomic E-state index is -3.50. The van der Waals surface area contributed by atoms with Crippen LogP contribution in [0.4, 0.5) is 0 Å². The van der Waals surface area contributed by atoms with Crippen molar-refractivity contribution in [1.29, 1.82) is 0 Å². The molecule has 0 heterocycles. The molecule has 0 saturated carbocycles. The molecule has 0 aromatic heterocycles. The second-order valence-corrected chi connectivity index (χ2v) is 6.45. The summed E-state index contributed by atoms with van der Waals surface area (Å²) in [7, 11) is -2.05. The Kier molecular flexibility index (Phi) is 4.42. The molecule has 4 nitrogen and oxygen atoms in total. The van der Waals surface area contributed by atoms with E-state index >= 15 is 0 Å². The number of methoxy groups -OCH3 is 1. The zero-order chi connectivity index (χ0) is 14.6. The molecule has 2 rings (SSSR count). The normalized spacial score (nSPS) is 12.9. The zero-order valence-corrected chi connectivity index (χ0v) is 12.0. The molecule has 5 heteroatoms. The van der Waals surface area contributed by atoms with E-state index in [0.717, 1.165) is 5.56 Å². The van der Waals surface area contributed by atoms with E-state index in [1.54, 1.807) is 18.2 Å². The minimum absolute atomic E-state index is 0.155. The highest BCUT2D eigenvalue weighted by Crippen LogP contribution is 2.26. The lowest BCUT2D eigenvalue weighted by Crippen LogP contribution is -2.22. The monoisotopic (exact) mass is 291 g/mol. The van der Waals surface area contributed by atoms with Gasteiger partial charge in [0.25, 0.3) is 0 Å². The molecule has 2 aromatic rings. The Morgan fingerprint density at radius 3 is 2.30 bits per heavy atom. The van der Waals surface area contributed by atoms with Crippen molar-refractivity contribution < 1.29 is 13.2 Å². The van der Waals surface area contributed by atoms with Crippen LogP contribution in [0.5, 0.6) is 5.75 Å². The molecular formula is C15H17NO3S. The molecule has 0 aliphatic carbocycles. The standard InChI is InChI=1S/C15H17NO3S/c1-19-14-9-5-6-10-15(14)20(17,18)11-13(16)12-7-3-2-4-8-12/h2-10,13H,11,16H2,1H3. The summed E-state index contributed by atoms with van der Waals surface area (Å²) in [5, 5.41) is 0. The highest BCUT2D eigenvalue weighted by atomic mass is 32.2. The Hall–Kier alpha value is -1.85. The van der Waals surface area contributed by atoms with E-state index in [4.69, 9.17) is 10.5 Å². The van der Waals surface area contributed by atoms with Crippen LogP contribution in [-0.4, -0.2) is 21.3 Å². The van der Waals surface area contributed by atoms with E-state index in [1.165, 1.54) is 13.2 Å². The second kappa shape index (κ2) is 6.07. The molecular weight excluding hydrogens is 274 g/mol. The third-order valence-electron chi connectivity index (χ3n) is 3.03. The molecule has 2 N–H and O–H groups in total. The van der Waals surface area contributed by atoms with Crippen LogP contribution in [0.2, 0.25) is 0 Å². The molecule has 20 heavy (non-hydrogen) atoms. The number of hydrogen-bond donors (Lipinski definition) is 1. The summed E-state index contributed by atoms with van der Waals surface area (Å²) in [4.78, 5) is 0.175. The largest absolute Gasteiger partial charge is 0.495 e. The Labute approximate surface area is 119 Å². The van der Waals surface area contributed by atoms with Crippen molar-refractivity contribution in [3.05, 3.63) is 60.2 Å². The topological polar surface area (TPSA) is 69.4 Å². The van der Waals surface area contributed by atoms with Crippen LogP contribution >= 0.6 is 0 Å². The predicted molar refractivity (Wildman–Crippen MR) is 78.4 cm³/mol. The number of hydrogen-bond acceptors (Lipinski definition) is 4. The van der Waals surface area contributed by atoms with Crippen molar-refractivity contribution in [1.82, 2.24) is 0 Å². The maximum absolute atomic E-state index is 12.4. The average Bonchev–Trinajstić information content (AvgIpc) is 2.47. The highest BCUT2D eigenvalue weighted by molar-refractivity contribution is 7.91. The van der Waals surface area contributed by atoms with E-state index in [2.05, 4.69) is 0 Å². The number of nitrogens with two attached hydrogens (primary N) is 1. The van der Waals surface area contributed by atoms with Gasteiger partial charge in [-0.1, -0.05) is 42.5 Å². The van der Waals surface area contributed by atoms with Crippen molar-refractivity contribution in [3.8, 4) is 5.75 Å². The molecule has 2 aromatic carbocycles. The van der Waals surface area contributed by atoms with Gasteiger partial charge in [-0.2, -0.15) is 0 Å². The third kappa shape index (κ3) is 3.18. The Morgan fingerprint density at radius 1 is 1.05 bits per heavy atom. The lowest BCUT2D eigenvalue weighted by Gasteiger charge is -2.14. The summed E-state index contributed by atoms with van der Waals surface area (Å²) in [5.41, 5.74) is 6.79. The van der Waals surface area contributed by atoms with Crippen molar-refractivity contribution >= 4 is 9.84 Å². The summed E-state index contributed by atoms with van der Waals surface area (Å²) in [5.74, 6) is 0.185. The fraction of sp³-hybridized carbons (Fsp3) is 0.200. The number of ether oxygens (including phenoxy) is 1. The highest BCUT2D eigenvalue weighted by Gasteiger charge is 2.23. The first kappa shape index (κ1) is 14.6. The molecule has 0 radical (unpaired) electrons. The molecule has 0 bridgehead atoms. The van der Waals surface area contributed by atoms with Gasteiger partial charge in [0, 0.05) is 6.04 Å². The minimum Gasteiger partial charge on any atom is -0.495 e. The van der Waals surface area contributed by atoms with Crippen LogP contribution in [0.25, 0.3) is 0 Å². The van der Waals surface area contributed by atoms with Gasteiger partial charge >= 0.3 is 0 Å². The number of rotatable bonds is 5. The summed E-state index contributed by atoms with van der Waals surface area (Å²) in [6, 6.07) is 15.2. The van der Waals surface area contributed by atoms with Gasteiger partial charge in [0.2, 0.25) is 0 Å². The first-order chi connectivity index (χ1) is 9.54. The maximum atomic E-state index is 12.4. The van der Waals surface area contributed by atoms with Crippen LogP contribution in [0, 0.1) is 0 Å². The van der Waals surface area contributed by atoms with Gasteiger partial charge in [-0.3, -0.25) is 0 Å². The SMILES string of the molecule is COc1ccccc1S(=O)(=O)CC(N)c1ccccc1. The third-order valence-corrected chi connectivity index (χ3v) is 4.84. The molecule has 0 fully saturated rings. The van der Waals surface area contributed by atoms with Crippen molar-refractivity contribution in [2.75, 3.05) is 12.9 Å².